The minimum absolute atomic E-state index is 0.103. The molecule has 1 heterocycles. The molecule has 0 spiro atoms. The average molecular weight is 422 g/mol. The summed E-state index contributed by atoms with van der Waals surface area (Å²) in [7, 11) is 0. The third-order valence-corrected chi connectivity index (χ3v) is 5.43. The third kappa shape index (κ3) is 5.95. The van der Waals surface area contributed by atoms with Crippen LogP contribution in [0.3, 0.4) is 0 Å². The van der Waals surface area contributed by atoms with Crippen molar-refractivity contribution in [3.63, 3.8) is 0 Å². The van der Waals surface area contributed by atoms with Gasteiger partial charge in [-0.25, -0.2) is 4.79 Å². The van der Waals surface area contributed by atoms with E-state index in [1.807, 2.05) is 18.2 Å². The molecule has 1 atom stereocenters. The first-order valence-corrected chi connectivity index (χ1v) is 10.5. The van der Waals surface area contributed by atoms with E-state index in [2.05, 4.69) is 45.0 Å². The Labute approximate surface area is 183 Å². The molecule has 2 aromatic rings. The number of hydrogen-bond acceptors (Lipinski definition) is 4. The van der Waals surface area contributed by atoms with Crippen molar-refractivity contribution in [3.8, 4) is 0 Å². The number of nitrogens with zero attached hydrogens (tertiary/aromatic N) is 1. The van der Waals surface area contributed by atoms with Gasteiger partial charge in [0.05, 0.1) is 6.61 Å². The van der Waals surface area contributed by atoms with Crippen LogP contribution in [0.4, 0.5) is 4.79 Å². The Hall–Kier alpha value is -3.12. The lowest BCUT2D eigenvalue weighted by Crippen LogP contribution is -2.44. The lowest BCUT2D eigenvalue weighted by atomic mass is 9.87. The molecule has 2 aromatic carbocycles. The molecular weight excluding hydrogens is 390 g/mol. The topological polar surface area (TPSA) is 98.7 Å². The molecule has 0 radical (unpaired) electrons. The number of amides is 2. The van der Waals surface area contributed by atoms with Crippen molar-refractivity contribution in [1.82, 2.24) is 4.90 Å². The summed E-state index contributed by atoms with van der Waals surface area (Å²) in [5.41, 5.74) is 15.8. The molecule has 0 aromatic heterocycles. The van der Waals surface area contributed by atoms with Crippen molar-refractivity contribution < 1.29 is 14.3 Å². The maximum Gasteiger partial charge on any atom is 0.410 e. The molecule has 0 aliphatic carbocycles. The SMILES string of the molecule is CC(C)(C)c1ccc(/C=C/c2cc(CN3CC(CN)COC3=O)cc(C(N)=O)c2)cc1. The predicted octanol–water partition coefficient (Wildman–Crippen LogP) is 3.78. The smallest absolute Gasteiger partial charge is 0.410 e. The van der Waals surface area contributed by atoms with Crippen LogP contribution >= 0.6 is 0 Å². The summed E-state index contributed by atoms with van der Waals surface area (Å²) in [5, 5.41) is 0. The number of carbonyl (C=O) groups is 2. The largest absolute Gasteiger partial charge is 0.449 e. The van der Waals surface area contributed by atoms with Crippen molar-refractivity contribution in [2.24, 2.45) is 17.4 Å². The number of primary amides is 1. The Morgan fingerprint density at radius 2 is 1.81 bits per heavy atom. The van der Waals surface area contributed by atoms with E-state index in [-0.39, 0.29) is 17.4 Å². The van der Waals surface area contributed by atoms with Gasteiger partial charge in [-0.2, -0.15) is 0 Å². The fraction of sp³-hybridized carbons (Fsp3) is 0.360. The Bertz CT molecular complexity index is 974. The van der Waals surface area contributed by atoms with E-state index in [1.54, 1.807) is 17.0 Å². The summed E-state index contributed by atoms with van der Waals surface area (Å²) in [6, 6.07) is 13.8. The van der Waals surface area contributed by atoms with E-state index in [4.69, 9.17) is 16.2 Å². The van der Waals surface area contributed by atoms with E-state index in [1.165, 1.54) is 5.56 Å². The highest BCUT2D eigenvalue weighted by Crippen LogP contribution is 2.23. The molecule has 6 heteroatoms. The lowest BCUT2D eigenvalue weighted by Gasteiger charge is -2.31. The van der Waals surface area contributed by atoms with E-state index < -0.39 is 5.91 Å². The summed E-state index contributed by atoms with van der Waals surface area (Å²) in [4.78, 5) is 25.6. The van der Waals surface area contributed by atoms with Gasteiger partial charge in [0.15, 0.2) is 0 Å². The van der Waals surface area contributed by atoms with Gasteiger partial charge in [0.2, 0.25) is 5.91 Å². The zero-order valence-corrected chi connectivity index (χ0v) is 18.4. The molecule has 1 unspecified atom stereocenters. The predicted molar refractivity (Wildman–Crippen MR) is 123 cm³/mol. The highest BCUT2D eigenvalue weighted by Gasteiger charge is 2.26. The first-order chi connectivity index (χ1) is 14.7. The van der Waals surface area contributed by atoms with Gasteiger partial charge in [-0.1, -0.05) is 57.2 Å². The molecule has 2 amide bonds. The van der Waals surface area contributed by atoms with Crippen molar-refractivity contribution in [3.05, 3.63) is 70.3 Å². The van der Waals surface area contributed by atoms with Crippen molar-refractivity contribution in [2.75, 3.05) is 19.7 Å². The number of carbonyl (C=O) groups excluding carboxylic acids is 2. The fourth-order valence-corrected chi connectivity index (χ4v) is 3.55. The quantitative estimate of drug-likeness (QED) is 0.694. The first kappa shape index (κ1) is 22.6. The standard InChI is InChI=1S/C25H31N3O3/c1-25(2,3)22-8-6-17(7-9-22)4-5-18-10-19(12-21(11-18)23(27)29)14-28-15-20(13-26)16-31-24(28)30/h4-12,20H,13-16,26H2,1-3H3,(H2,27,29)/b5-4+. The van der Waals surface area contributed by atoms with Gasteiger partial charge in [-0.05, 0) is 45.9 Å². The van der Waals surface area contributed by atoms with Crippen LogP contribution in [0.25, 0.3) is 12.2 Å². The number of nitrogens with two attached hydrogens (primary N) is 2. The van der Waals surface area contributed by atoms with E-state index in [0.29, 0.717) is 31.8 Å². The molecule has 1 fully saturated rings. The molecule has 4 N–H and O–H groups in total. The Balaban J connectivity index is 1.82. The van der Waals surface area contributed by atoms with Crippen LogP contribution in [0.2, 0.25) is 0 Å². The van der Waals surface area contributed by atoms with Gasteiger partial charge in [0.1, 0.15) is 0 Å². The highest BCUT2D eigenvalue weighted by molar-refractivity contribution is 5.94. The van der Waals surface area contributed by atoms with Crippen molar-refractivity contribution >= 4 is 24.2 Å². The highest BCUT2D eigenvalue weighted by atomic mass is 16.6. The summed E-state index contributed by atoms with van der Waals surface area (Å²) in [6.45, 7) is 8.20. The number of ether oxygens (including phenoxy) is 1. The number of hydrogen-bond donors (Lipinski definition) is 2. The molecular formula is C25H31N3O3. The van der Waals surface area contributed by atoms with Gasteiger partial charge in [-0.3, -0.25) is 4.79 Å². The van der Waals surface area contributed by atoms with Crippen LogP contribution in [0, 0.1) is 5.92 Å². The normalized spacial score (nSPS) is 17.1. The van der Waals surface area contributed by atoms with Gasteiger partial charge < -0.3 is 21.1 Å². The van der Waals surface area contributed by atoms with Gasteiger partial charge in [0.25, 0.3) is 0 Å². The number of cyclic esters (lactones) is 1. The molecule has 164 valence electrons. The van der Waals surface area contributed by atoms with Crippen LogP contribution in [-0.4, -0.2) is 36.6 Å². The second kappa shape index (κ2) is 9.35. The first-order valence-electron chi connectivity index (χ1n) is 10.5. The molecule has 0 saturated carbocycles. The third-order valence-electron chi connectivity index (χ3n) is 5.43. The number of rotatable bonds is 6. The second-order valence-corrected chi connectivity index (χ2v) is 9.09. The van der Waals surface area contributed by atoms with E-state index >= 15 is 0 Å². The van der Waals surface area contributed by atoms with Crippen LogP contribution < -0.4 is 11.5 Å². The summed E-state index contributed by atoms with van der Waals surface area (Å²) < 4.78 is 5.21. The van der Waals surface area contributed by atoms with Gasteiger partial charge in [0, 0.05) is 31.1 Å². The van der Waals surface area contributed by atoms with E-state index in [9.17, 15) is 9.59 Å². The maximum atomic E-state index is 12.1. The zero-order chi connectivity index (χ0) is 22.6. The second-order valence-electron chi connectivity index (χ2n) is 9.09. The molecule has 1 aliphatic rings. The molecule has 6 nitrogen and oxygen atoms in total. The Kier molecular flexibility index (Phi) is 6.81. The van der Waals surface area contributed by atoms with Crippen LogP contribution in [0.1, 0.15) is 53.4 Å². The molecule has 31 heavy (non-hydrogen) atoms. The minimum Gasteiger partial charge on any atom is -0.449 e. The maximum absolute atomic E-state index is 12.1. The summed E-state index contributed by atoms with van der Waals surface area (Å²) in [6.07, 6.45) is 3.57. The Morgan fingerprint density at radius 3 is 2.42 bits per heavy atom. The van der Waals surface area contributed by atoms with Gasteiger partial charge in [-0.15, -0.1) is 0 Å². The van der Waals surface area contributed by atoms with Crippen molar-refractivity contribution in [2.45, 2.75) is 32.7 Å². The average Bonchev–Trinajstić information content (AvgIpc) is 2.73. The van der Waals surface area contributed by atoms with E-state index in [0.717, 1.165) is 16.7 Å². The van der Waals surface area contributed by atoms with Gasteiger partial charge >= 0.3 is 6.09 Å². The Morgan fingerprint density at radius 1 is 1.13 bits per heavy atom. The van der Waals surface area contributed by atoms with Crippen molar-refractivity contribution in [1.29, 1.82) is 0 Å². The summed E-state index contributed by atoms with van der Waals surface area (Å²) >= 11 is 0. The summed E-state index contributed by atoms with van der Waals surface area (Å²) in [5.74, 6) is -0.403. The fourth-order valence-electron chi connectivity index (χ4n) is 3.55. The zero-order valence-electron chi connectivity index (χ0n) is 18.4. The van der Waals surface area contributed by atoms with Crippen LogP contribution in [0.5, 0.6) is 0 Å². The molecule has 1 saturated heterocycles. The molecule has 1 aliphatic heterocycles. The monoisotopic (exact) mass is 421 g/mol. The lowest BCUT2D eigenvalue weighted by molar-refractivity contribution is 0.0425. The molecule has 0 bridgehead atoms. The van der Waals surface area contributed by atoms with Crippen LogP contribution in [0.15, 0.2) is 42.5 Å². The molecule has 3 rings (SSSR count). The minimum atomic E-state index is -0.507. The van der Waals surface area contributed by atoms with Crippen LogP contribution in [-0.2, 0) is 16.7 Å². The number of benzene rings is 2.